The van der Waals surface area contributed by atoms with Crippen LogP contribution in [0.4, 0.5) is 13.6 Å². The normalized spacial score (nSPS) is 14.0. The highest BCUT2D eigenvalue weighted by molar-refractivity contribution is 6.00. The highest BCUT2D eigenvalue weighted by Crippen LogP contribution is 2.35. The molecule has 0 bridgehead atoms. The van der Waals surface area contributed by atoms with Gasteiger partial charge in [-0.25, -0.2) is 23.5 Å². The van der Waals surface area contributed by atoms with Gasteiger partial charge in [-0.2, -0.15) is 0 Å². The molecule has 1 aromatic heterocycles. The summed E-state index contributed by atoms with van der Waals surface area (Å²) in [6.07, 6.45) is 3.32. The van der Waals surface area contributed by atoms with Crippen molar-refractivity contribution in [2.45, 2.75) is 32.8 Å². The Hall–Kier alpha value is -3.88. The van der Waals surface area contributed by atoms with E-state index < -0.39 is 23.3 Å². The molecule has 0 atom stereocenters. The summed E-state index contributed by atoms with van der Waals surface area (Å²) in [5.74, 6) is -1.55. The molecule has 0 N–H and O–H groups in total. The summed E-state index contributed by atoms with van der Waals surface area (Å²) >= 11 is 0. The standard InChI is InChI=1S/C27H28F2N4O3/c1-27(2,3)36-26(35)33-10-8-16(9-11-33)23-21-14-18(28)13-20(24(21)31-15-30-23)19-7-6-17(12-22(19)29)25(34)32(4)5/h6-8,12-15H,9-11H2,1-5H3. The first-order valence-electron chi connectivity index (χ1n) is 11.6. The molecule has 3 aromatic rings. The van der Waals surface area contributed by atoms with Gasteiger partial charge < -0.3 is 14.5 Å². The van der Waals surface area contributed by atoms with E-state index >= 15 is 4.39 Å². The number of fused-ring (bicyclic) bond motifs is 1. The Balaban J connectivity index is 1.72. The fourth-order valence-electron chi connectivity index (χ4n) is 4.10. The van der Waals surface area contributed by atoms with Gasteiger partial charge in [-0.15, -0.1) is 0 Å². The van der Waals surface area contributed by atoms with Crippen molar-refractivity contribution in [2.75, 3.05) is 27.2 Å². The number of amides is 2. The van der Waals surface area contributed by atoms with Gasteiger partial charge in [-0.3, -0.25) is 4.79 Å². The maximum absolute atomic E-state index is 15.1. The van der Waals surface area contributed by atoms with Crippen molar-refractivity contribution in [1.29, 1.82) is 0 Å². The van der Waals surface area contributed by atoms with Crippen LogP contribution in [0.1, 0.15) is 43.2 Å². The predicted octanol–water partition coefficient (Wildman–Crippen LogP) is 5.30. The molecule has 188 valence electrons. The van der Waals surface area contributed by atoms with Crippen molar-refractivity contribution >= 4 is 28.5 Å². The van der Waals surface area contributed by atoms with Gasteiger partial charge in [-0.1, -0.05) is 12.1 Å². The zero-order valence-electron chi connectivity index (χ0n) is 20.9. The van der Waals surface area contributed by atoms with Gasteiger partial charge in [0.2, 0.25) is 0 Å². The number of halogens is 2. The predicted molar refractivity (Wildman–Crippen MR) is 133 cm³/mol. The number of hydrogen-bond acceptors (Lipinski definition) is 5. The largest absolute Gasteiger partial charge is 0.444 e. The van der Waals surface area contributed by atoms with E-state index in [2.05, 4.69) is 9.97 Å². The van der Waals surface area contributed by atoms with E-state index in [9.17, 15) is 14.0 Å². The van der Waals surface area contributed by atoms with Crippen molar-refractivity contribution < 1.29 is 23.1 Å². The van der Waals surface area contributed by atoms with Gasteiger partial charge in [0.1, 0.15) is 23.6 Å². The number of carbonyl (C=O) groups excluding carboxylic acids is 2. The monoisotopic (exact) mass is 494 g/mol. The van der Waals surface area contributed by atoms with Crippen LogP contribution in [0, 0.1) is 11.6 Å². The summed E-state index contributed by atoms with van der Waals surface area (Å²) in [5.41, 5.74) is 1.76. The molecule has 0 saturated heterocycles. The topological polar surface area (TPSA) is 75.6 Å². The number of ether oxygens (including phenoxy) is 1. The summed E-state index contributed by atoms with van der Waals surface area (Å²) in [7, 11) is 3.17. The van der Waals surface area contributed by atoms with E-state index in [0.29, 0.717) is 36.1 Å². The van der Waals surface area contributed by atoms with Crippen LogP contribution in [-0.2, 0) is 4.74 Å². The maximum atomic E-state index is 15.1. The van der Waals surface area contributed by atoms with Crippen LogP contribution in [-0.4, -0.2) is 64.6 Å². The van der Waals surface area contributed by atoms with Crippen LogP contribution in [0.15, 0.2) is 42.7 Å². The summed E-state index contributed by atoms with van der Waals surface area (Å²) in [4.78, 5) is 36.3. The van der Waals surface area contributed by atoms with E-state index in [0.717, 1.165) is 11.6 Å². The molecular formula is C27H28F2N4O3. The SMILES string of the molecule is CN(C)C(=O)c1ccc(-c2cc(F)cc3c(C4=CCN(C(=O)OC(C)(C)C)CC4)ncnc23)c(F)c1. The third-order valence-corrected chi connectivity index (χ3v) is 5.78. The lowest BCUT2D eigenvalue weighted by Crippen LogP contribution is -2.39. The number of aromatic nitrogens is 2. The smallest absolute Gasteiger partial charge is 0.410 e. The molecule has 2 aromatic carbocycles. The van der Waals surface area contributed by atoms with Crippen molar-refractivity contribution in [3.05, 3.63) is 65.6 Å². The quantitative estimate of drug-likeness (QED) is 0.494. The number of nitrogens with zero attached hydrogens (tertiary/aromatic N) is 4. The molecule has 0 spiro atoms. The fraction of sp³-hybridized carbons (Fsp3) is 0.333. The third kappa shape index (κ3) is 5.19. The fourth-order valence-corrected chi connectivity index (χ4v) is 4.10. The molecule has 4 rings (SSSR count). The Bertz CT molecular complexity index is 1380. The van der Waals surface area contributed by atoms with Crippen LogP contribution in [0.25, 0.3) is 27.6 Å². The Morgan fingerprint density at radius 2 is 1.81 bits per heavy atom. The lowest BCUT2D eigenvalue weighted by Gasteiger charge is -2.29. The van der Waals surface area contributed by atoms with E-state index in [1.54, 1.807) is 19.0 Å². The van der Waals surface area contributed by atoms with Gasteiger partial charge in [0.05, 0.1) is 11.2 Å². The lowest BCUT2D eigenvalue weighted by molar-refractivity contribution is 0.0270. The minimum absolute atomic E-state index is 0.133. The van der Waals surface area contributed by atoms with Crippen molar-refractivity contribution in [1.82, 2.24) is 19.8 Å². The summed E-state index contributed by atoms with van der Waals surface area (Å²) in [6.45, 7) is 6.18. The number of hydrogen-bond donors (Lipinski definition) is 0. The third-order valence-electron chi connectivity index (χ3n) is 5.78. The molecule has 0 fully saturated rings. The van der Waals surface area contributed by atoms with E-state index in [4.69, 9.17) is 4.74 Å². The molecule has 0 saturated carbocycles. The summed E-state index contributed by atoms with van der Waals surface area (Å²) < 4.78 is 35.3. The molecule has 36 heavy (non-hydrogen) atoms. The average Bonchev–Trinajstić information content (AvgIpc) is 2.81. The molecule has 2 heterocycles. The van der Waals surface area contributed by atoms with Crippen LogP contribution in [0.5, 0.6) is 0 Å². The van der Waals surface area contributed by atoms with Crippen molar-refractivity contribution in [3.63, 3.8) is 0 Å². The molecule has 7 nitrogen and oxygen atoms in total. The van der Waals surface area contributed by atoms with Crippen LogP contribution in [0.3, 0.4) is 0 Å². The van der Waals surface area contributed by atoms with E-state index in [1.807, 2.05) is 26.8 Å². The second kappa shape index (κ2) is 9.64. The van der Waals surface area contributed by atoms with E-state index in [1.165, 1.54) is 35.5 Å². The highest BCUT2D eigenvalue weighted by Gasteiger charge is 2.25. The van der Waals surface area contributed by atoms with Crippen LogP contribution < -0.4 is 0 Å². The van der Waals surface area contributed by atoms with Gasteiger partial charge in [0.15, 0.2) is 0 Å². The highest BCUT2D eigenvalue weighted by atomic mass is 19.1. The number of carbonyl (C=O) groups is 2. The van der Waals surface area contributed by atoms with Gasteiger partial charge >= 0.3 is 6.09 Å². The average molecular weight is 495 g/mol. The Kier molecular flexibility index (Phi) is 6.75. The van der Waals surface area contributed by atoms with Crippen molar-refractivity contribution in [3.8, 4) is 11.1 Å². The first-order valence-corrected chi connectivity index (χ1v) is 11.6. The molecule has 1 aliphatic rings. The minimum atomic E-state index is -0.653. The molecular weight excluding hydrogens is 466 g/mol. The molecule has 9 heteroatoms. The van der Waals surface area contributed by atoms with Crippen LogP contribution >= 0.6 is 0 Å². The molecule has 0 unspecified atom stereocenters. The zero-order chi connectivity index (χ0) is 26.2. The minimum Gasteiger partial charge on any atom is -0.444 e. The molecule has 0 aliphatic carbocycles. The number of benzene rings is 2. The zero-order valence-corrected chi connectivity index (χ0v) is 20.9. The second-order valence-corrected chi connectivity index (χ2v) is 9.87. The summed E-state index contributed by atoms with van der Waals surface area (Å²) in [6, 6.07) is 6.67. The van der Waals surface area contributed by atoms with E-state index in [-0.39, 0.29) is 22.6 Å². The van der Waals surface area contributed by atoms with Crippen LogP contribution in [0.2, 0.25) is 0 Å². The molecule has 0 radical (unpaired) electrons. The first kappa shape index (κ1) is 25.2. The molecule has 1 aliphatic heterocycles. The Labute approximate surface area is 208 Å². The Morgan fingerprint density at radius 3 is 2.42 bits per heavy atom. The maximum Gasteiger partial charge on any atom is 0.410 e. The van der Waals surface area contributed by atoms with Gasteiger partial charge in [0.25, 0.3) is 5.91 Å². The van der Waals surface area contributed by atoms with Crippen molar-refractivity contribution in [2.24, 2.45) is 0 Å². The number of rotatable bonds is 3. The van der Waals surface area contributed by atoms with Gasteiger partial charge in [0, 0.05) is 49.3 Å². The second-order valence-electron chi connectivity index (χ2n) is 9.87. The summed E-state index contributed by atoms with van der Waals surface area (Å²) in [5, 5.41) is 0.442. The Morgan fingerprint density at radius 1 is 1.06 bits per heavy atom. The van der Waals surface area contributed by atoms with Gasteiger partial charge in [-0.05, 0) is 57.0 Å². The molecule has 2 amide bonds. The lowest BCUT2D eigenvalue weighted by atomic mass is 9.96. The first-order chi connectivity index (χ1) is 16.9.